The molecular formula is C13H18O7. The van der Waals surface area contributed by atoms with Gasteiger partial charge in [-0.3, -0.25) is 0 Å². The first-order chi connectivity index (χ1) is 9.27. The number of esters is 1. The fourth-order valence-corrected chi connectivity index (χ4v) is 1.73. The maximum atomic E-state index is 11.9. The molecule has 0 unspecified atom stereocenters. The van der Waals surface area contributed by atoms with Crippen molar-refractivity contribution >= 4 is 5.97 Å². The van der Waals surface area contributed by atoms with Gasteiger partial charge in [0.2, 0.25) is 0 Å². The van der Waals surface area contributed by atoms with Crippen molar-refractivity contribution in [3.8, 4) is 11.5 Å². The summed E-state index contributed by atoms with van der Waals surface area (Å²) in [5.74, 6) is -1.55. The monoisotopic (exact) mass is 286 g/mol. The molecule has 0 spiro atoms. The average Bonchev–Trinajstić information content (AvgIpc) is 2.35. The van der Waals surface area contributed by atoms with Crippen LogP contribution in [0.2, 0.25) is 0 Å². The van der Waals surface area contributed by atoms with Gasteiger partial charge < -0.3 is 30.3 Å². The predicted molar refractivity (Wildman–Crippen MR) is 68.5 cm³/mol. The van der Waals surface area contributed by atoms with Crippen molar-refractivity contribution in [2.24, 2.45) is 0 Å². The van der Waals surface area contributed by atoms with Crippen LogP contribution in [0.1, 0.15) is 22.8 Å². The lowest BCUT2D eigenvalue weighted by molar-refractivity contribution is -0.0780. The molecule has 0 amide bonds. The molecule has 7 nitrogen and oxygen atoms in total. The third-order valence-corrected chi connectivity index (χ3v) is 2.86. The van der Waals surface area contributed by atoms with E-state index in [4.69, 9.17) is 9.84 Å². The van der Waals surface area contributed by atoms with Crippen LogP contribution in [0.25, 0.3) is 0 Å². The lowest BCUT2D eigenvalue weighted by Crippen LogP contribution is -2.40. The molecule has 112 valence electrons. The first kappa shape index (κ1) is 16.2. The highest BCUT2D eigenvalue weighted by Gasteiger charge is 2.27. The quantitative estimate of drug-likeness (QED) is 0.469. The summed E-state index contributed by atoms with van der Waals surface area (Å²) in [6, 6.07) is 2.27. The van der Waals surface area contributed by atoms with Crippen molar-refractivity contribution in [3.63, 3.8) is 0 Å². The van der Waals surface area contributed by atoms with Crippen LogP contribution in [0.5, 0.6) is 11.5 Å². The van der Waals surface area contributed by atoms with Gasteiger partial charge in [0.1, 0.15) is 35.4 Å². The maximum absolute atomic E-state index is 11.9. The van der Waals surface area contributed by atoms with E-state index in [1.165, 1.54) is 19.9 Å². The summed E-state index contributed by atoms with van der Waals surface area (Å²) in [4.78, 5) is 11.9. The Bertz CT molecular complexity index is 463. The number of aromatic hydroxyl groups is 2. The van der Waals surface area contributed by atoms with Gasteiger partial charge in [0.05, 0.1) is 6.61 Å². The molecule has 5 N–H and O–H groups in total. The molecule has 0 aliphatic rings. The largest absolute Gasteiger partial charge is 0.508 e. The maximum Gasteiger partial charge on any atom is 0.342 e. The minimum absolute atomic E-state index is 0.139. The number of aryl methyl sites for hydroxylation is 1. The molecule has 0 heterocycles. The Balaban J connectivity index is 2.87. The summed E-state index contributed by atoms with van der Waals surface area (Å²) in [5.41, 5.74) is 0.164. The lowest BCUT2D eigenvalue weighted by Gasteiger charge is -2.23. The third kappa shape index (κ3) is 3.60. The lowest BCUT2D eigenvalue weighted by atomic mass is 10.1. The zero-order chi connectivity index (χ0) is 15.4. The molecule has 0 bridgehead atoms. The Kier molecular flexibility index (Phi) is 5.32. The Morgan fingerprint density at radius 1 is 1.30 bits per heavy atom. The fraction of sp³-hybridized carbons (Fsp3) is 0.462. The topological polar surface area (TPSA) is 127 Å². The van der Waals surface area contributed by atoms with Gasteiger partial charge >= 0.3 is 5.97 Å². The SMILES string of the molecule is Cc1cc(O)cc(O)c1C(=O)O[C@@H](C)[C@H](O)[C@H](O)CO. The van der Waals surface area contributed by atoms with Gasteiger partial charge in [0, 0.05) is 6.07 Å². The third-order valence-electron chi connectivity index (χ3n) is 2.86. The number of phenolic OH excluding ortho intramolecular Hbond substituents is 2. The van der Waals surface area contributed by atoms with E-state index in [0.717, 1.165) is 6.07 Å². The molecule has 1 rings (SSSR count). The zero-order valence-electron chi connectivity index (χ0n) is 11.1. The standard InChI is InChI=1S/C13H18O7/c1-6-3-8(15)4-9(16)11(6)13(19)20-7(2)12(18)10(17)5-14/h3-4,7,10,12,14-18H,5H2,1-2H3/t7-,10+,12-/m0/s1. The summed E-state index contributed by atoms with van der Waals surface area (Å²) in [6.07, 6.45) is -3.98. The van der Waals surface area contributed by atoms with Crippen molar-refractivity contribution in [3.05, 3.63) is 23.3 Å². The number of aliphatic hydroxyl groups excluding tert-OH is 3. The van der Waals surface area contributed by atoms with E-state index < -0.39 is 36.6 Å². The van der Waals surface area contributed by atoms with E-state index in [-0.39, 0.29) is 11.3 Å². The summed E-state index contributed by atoms with van der Waals surface area (Å²) in [5, 5.41) is 46.4. The molecule has 0 radical (unpaired) electrons. The second kappa shape index (κ2) is 6.56. The van der Waals surface area contributed by atoms with Crippen molar-refractivity contribution in [1.82, 2.24) is 0 Å². The molecule has 0 saturated carbocycles. The van der Waals surface area contributed by atoms with Crippen LogP contribution in [-0.2, 0) is 4.74 Å². The minimum Gasteiger partial charge on any atom is -0.508 e. The Labute approximate surface area is 115 Å². The van der Waals surface area contributed by atoms with Crippen molar-refractivity contribution in [1.29, 1.82) is 0 Å². The molecule has 0 fully saturated rings. The number of ether oxygens (including phenoxy) is 1. The normalized spacial score (nSPS) is 15.4. The van der Waals surface area contributed by atoms with Gasteiger partial charge in [-0.15, -0.1) is 0 Å². The van der Waals surface area contributed by atoms with Gasteiger partial charge in [0.25, 0.3) is 0 Å². The second-order valence-electron chi connectivity index (χ2n) is 4.51. The molecular weight excluding hydrogens is 268 g/mol. The van der Waals surface area contributed by atoms with Gasteiger partial charge in [-0.25, -0.2) is 4.79 Å². The molecule has 1 aromatic rings. The number of carbonyl (C=O) groups is 1. The molecule has 3 atom stereocenters. The Morgan fingerprint density at radius 2 is 1.90 bits per heavy atom. The summed E-state index contributed by atoms with van der Waals surface area (Å²) in [6.45, 7) is 2.17. The number of rotatable bonds is 5. The second-order valence-corrected chi connectivity index (χ2v) is 4.51. The highest BCUT2D eigenvalue weighted by Crippen LogP contribution is 2.27. The Hall–Kier alpha value is -1.83. The van der Waals surface area contributed by atoms with E-state index in [1.54, 1.807) is 0 Å². The fourth-order valence-electron chi connectivity index (χ4n) is 1.73. The van der Waals surface area contributed by atoms with E-state index in [2.05, 4.69) is 0 Å². The number of carbonyl (C=O) groups excluding carboxylic acids is 1. The van der Waals surface area contributed by atoms with Crippen LogP contribution in [0, 0.1) is 6.92 Å². The van der Waals surface area contributed by atoms with Crippen LogP contribution < -0.4 is 0 Å². The highest BCUT2D eigenvalue weighted by atomic mass is 16.6. The van der Waals surface area contributed by atoms with Crippen LogP contribution in [-0.4, -0.2) is 56.4 Å². The van der Waals surface area contributed by atoms with Crippen molar-refractivity contribution in [2.45, 2.75) is 32.2 Å². The van der Waals surface area contributed by atoms with Crippen LogP contribution in [0.15, 0.2) is 12.1 Å². The molecule has 0 saturated heterocycles. The molecule has 7 heteroatoms. The predicted octanol–water partition coefficient (Wildman–Crippen LogP) is -0.334. The molecule has 20 heavy (non-hydrogen) atoms. The smallest absolute Gasteiger partial charge is 0.342 e. The van der Waals surface area contributed by atoms with Gasteiger partial charge in [-0.2, -0.15) is 0 Å². The highest BCUT2D eigenvalue weighted by molar-refractivity contribution is 5.94. The summed E-state index contributed by atoms with van der Waals surface area (Å²) < 4.78 is 4.92. The van der Waals surface area contributed by atoms with E-state index >= 15 is 0 Å². The van der Waals surface area contributed by atoms with Crippen molar-refractivity contribution in [2.75, 3.05) is 6.61 Å². The van der Waals surface area contributed by atoms with Crippen LogP contribution >= 0.6 is 0 Å². The number of hydrogen-bond donors (Lipinski definition) is 5. The number of hydrogen-bond acceptors (Lipinski definition) is 7. The summed E-state index contributed by atoms with van der Waals surface area (Å²) in [7, 11) is 0. The zero-order valence-corrected chi connectivity index (χ0v) is 11.1. The average molecular weight is 286 g/mol. The first-order valence-corrected chi connectivity index (χ1v) is 5.98. The summed E-state index contributed by atoms with van der Waals surface area (Å²) >= 11 is 0. The Morgan fingerprint density at radius 3 is 2.40 bits per heavy atom. The molecule has 1 aromatic carbocycles. The van der Waals surface area contributed by atoms with E-state index in [9.17, 15) is 25.2 Å². The van der Waals surface area contributed by atoms with Crippen LogP contribution in [0.4, 0.5) is 0 Å². The van der Waals surface area contributed by atoms with Gasteiger partial charge in [-0.05, 0) is 25.5 Å². The number of aliphatic hydroxyl groups is 3. The number of benzene rings is 1. The van der Waals surface area contributed by atoms with Crippen molar-refractivity contribution < 1.29 is 35.1 Å². The first-order valence-electron chi connectivity index (χ1n) is 5.98. The van der Waals surface area contributed by atoms with E-state index in [1.807, 2.05) is 0 Å². The van der Waals surface area contributed by atoms with E-state index in [0.29, 0.717) is 5.56 Å². The minimum atomic E-state index is -1.46. The van der Waals surface area contributed by atoms with Crippen LogP contribution in [0.3, 0.4) is 0 Å². The molecule has 0 aliphatic heterocycles. The molecule has 0 aliphatic carbocycles. The van der Waals surface area contributed by atoms with Gasteiger partial charge in [0.15, 0.2) is 0 Å². The van der Waals surface area contributed by atoms with Gasteiger partial charge in [-0.1, -0.05) is 0 Å². The number of phenols is 2. The molecule has 0 aromatic heterocycles.